The zero-order valence-corrected chi connectivity index (χ0v) is 13.3. The van der Waals surface area contributed by atoms with Crippen LogP contribution in [0.3, 0.4) is 0 Å². The summed E-state index contributed by atoms with van der Waals surface area (Å²) in [5, 5.41) is 0. The SMILES string of the molecule is COC(=O)c1ccccc1CS(=O)(=O)c1cccc(C(F)(F)F)c1. The fourth-order valence-corrected chi connectivity index (χ4v) is 3.53. The van der Waals surface area contributed by atoms with Gasteiger partial charge in [0.2, 0.25) is 0 Å². The van der Waals surface area contributed by atoms with Gasteiger partial charge >= 0.3 is 12.1 Å². The number of halogens is 3. The van der Waals surface area contributed by atoms with Gasteiger partial charge in [0.1, 0.15) is 0 Å². The predicted octanol–water partition coefficient (Wildman–Crippen LogP) is 3.47. The maximum absolute atomic E-state index is 12.7. The molecule has 0 spiro atoms. The van der Waals surface area contributed by atoms with Crippen LogP contribution in [-0.2, 0) is 26.5 Å². The van der Waals surface area contributed by atoms with E-state index in [2.05, 4.69) is 4.74 Å². The average molecular weight is 358 g/mol. The Bertz CT molecular complexity index is 858. The van der Waals surface area contributed by atoms with E-state index in [1.54, 1.807) is 0 Å². The minimum atomic E-state index is -4.64. The molecule has 8 heteroatoms. The van der Waals surface area contributed by atoms with Gasteiger partial charge in [0.25, 0.3) is 0 Å². The fraction of sp³-hybridized carbons (Fsp3) is 0.188. The molecule has 0 saturated heterocycles. The first-order chi connectivity index (χ1) is 11.1. The van der Waals surface area contributed by atoms with E-state index >= 15 is 0 Å². The minimum absolute atomic E-state index is 0.0514. The smallest absolute Gasteiger partial charge is 0.416 e. The van der Waals surface area contributed by atoms with Crippen LogP contribution in [0.5, 0.6) is 0 Å². The van der Waals surface area contributed by atoms with Crippen molar-refractivity contribution >= 4 is 15.8 Å². The first-order valence-electron chi connectivity index (χ1n) is 6.71. The second-order valence-electron chi connectivity index (χ2n) is 4.93. The van der Waals surface area contributed by atoms with E-state index in [4.69, 9.17) is 0 Å². The van der Waals surface area contributed by atoms with Crippen molar-refractivity contribution < 1.29 is 31.1 Å². The van der Waals surface area contributed by atoms with E-state index < -0.39 is 38.2 Å². The third-order valence-electron chi connectivity index (χ3n) is 3.29. The second-order valence-corrected chi connectivity index (χ2v) is 6.92. The van der Waals surface area contributed by atoms with Crippen LogP contribution in [-0.4, -0.2) is 21.5 Å². The molecule has 0 atom stereocenters. The Morgan fingerprint density at radius 1 is 1.08 bits per heavy atom. The van der Waals surface area contributed by atoms with Crippen LogP contribution in [0.1, 0.15) is 21.5 Å². The number of rotatable bonds is 4. The van der Waals surface area contributed by atoms with Gasteiger partial charge in [-0.1, -0.05) is 24.3 Å². The number of hydrogen-bond acceptors (Lipinski definition) is 4. The van der Waals surface area contributed by atoms with Crippen molar-refractivity contribution in [2.75, 3.05) is 7.11 Å². The summed E-state index contributed by atoms with van der Waals surface area (Å²) in [6.45, 7) is 0. The lowest BCUT2D eigenvalue weighted by Crippen LogP contribution is -2.12. The number of hydrogen-bond donors (Lipinski definition) is 0. The Kier molecular flexibility index (Phi) is 4.98. The van der Waals surface area contributed by atoms with E-state index in [1.807, 2.05) is 0 Å². The molecule has 4 nitrogen and oxygen atoms in total. The van der Waals surface area contributed by atoms with Gasteiger partial charge < -0.3 is 4.74 Å². The average Bonchev–Trinajstić information content (AvgIpc) is 2.53. The lowest BCUT2D eigenvalue weighted by Gasteiger charge is -2.11. The third kappa shape index (κ3) is 3.94. The molecule has 0 aliphatic heterocycles. The summed E-state index contributed by atoms with van der Waals surface area (Å²) in [6.07, 6.45) is -4.64. The molecule has 0 aliphatic carbocycles. The van der Waals surface area contributed by atoms with E-state index in [1.165, 1.54) is 24.3 Å². The van der Waals surface area contributed by atoms with Gasteiger partial charge in [0, 0.05) is 0 Å². The van der Waals surface area contributed by atoms with Gasteiger partial charge in [-0.25, -0.2) is 13.2 Å². The van der Waals surface area contributed by atoms with Crippen LogP contribution in [0.15, 0.2) is 53.4 Å². The second kappa shape index (κ2) is 6.64. The van der Waals surface area contributed by atoms with Crippen LogP contribution in [0.4, 0.5) is 13.2 Å². The summed E-state index contributed by atoms with van der Waals surface area (Å²) >= 11 is 0. The molecule has 2 rings (SSSR count). The van der Waals surface area contributed by atoms with Gasteiger partial charge in [0.05, 0.1) is 28.9 Å². The number of carbonyl (C=O) groups excluding carboxylic acids is 1. The molecule has 0 aliphatic rings. The van der Waals surface area contributed by atoms with Gasteiger partial charge in [-0.2, -0.15) is 13.2 Å². The molecule has 0 heterocycles. The summed E-state index contributed by atoms with van der Waals surface area (Å²) in [4.78, 5) is 11.2. The number of methoxy groups -OCH3 is 1. The molecule has 0 radical (unpaired) electrons. The monoisotopic (exact) mass is 358 g/mol. The lowest BCUT2D eigenvalue weighted by molar-refractivity contribution is -0.137. The Morgan fingerprint density at radius 3 is 2.38 bits per heavy atom. The van der Waals surface area contributed by atoms with E-state index in [0.717, 1.165) is 25.3 Å². The van der Waals surface area contributed by atoms with E-state index in [-0.39, 0.29) is 11.1 Å². The number of sulfone groups is 1. The van der Waals surface area contributed by atoms with Gasteiger partial charge in [-0.3, -0.25) is 0 Å². The summed E-state index contributed by atoms with van der Waals surface area (Å²) in [7, 11) is -2.91. The molecule has 0 fully saturated rings. The largest absolute Gasteiger partial charge is 0.465 e. The summed E-state index contributed by atoms with van der Waals surface area (Å²) in [6, 6.07) is 9.36. The molecule has 0 saturated carbocycles. The minimum Gasteiger partial charge on any atom is -0.465 e. The molecular formula is C16H13F3O4S. The molecular weight excluding hydrogens is 345 g/mol. The maximum atomic E-state index is 12.7. The number of alkyl halides is 3. The standard InChI is InChI=1S/C16H13F3O4S/c1-23-15(20)14-8-3-2-5-11(14)10-24(21,22)13-7-4-6-12(9-13)16(17,18)19/h2-9H,10H2,1H3. The molecule has 2 aromatic carbocycles. The Balaban J connectivity index is 2.42. The number of esters is 1. The van der Waals surface area contributed by atoms with Crippen LogP contribution >= 0.6 is 0 Å². The lowest BCUT2D eigenvalue weighted by atomic mass is 10.1. The quantitative estimate of drug-likeness (QED) is 0.786. The molecule has 128 valence electrons. The van der Waals surface area contributed by atoms with E-state index in [9.17, 15) is 26.4 Å². The molecule has 0 amide bonds. The van der Waals surface area contributed by atoms with Crippen molar-refractivity contribution in [2.45, 2.75) is 16.8 Å². The van der Waals surface area contributed by atoms with Crippen LogP contribution in [0.25, 0.3) is 0 Å². The Hall–Kier alpha value is -2.35. The number of carbonyl (C=O) groups is 1. The summed E-state index contributed by atoms with van der Waals surface area (Å²) in [5.41, 5.74) is -0.845. The van der Waals surface area contributed by atoms with Crippen molar-refractivity contribution in [3.05, 3.63) is 65.2 Å². The molecule has 0 bridgehead atoms. The molecule has 0 aromatic heterocycles. The van der Waals surface area contributed by atoms with Crippen LogP contribution < -0.4 is 0 Å². The fourth-order valence-electron chi connectivity index (χ4n) is 2.11. The highest BCUT2D eigenvalue weighted by atomic mass is 32.2. The number of benzene rings is 2. The van der Waals surface area contributed by atoms with Crippen molar-refractivity contribution in [3.63, 3.8) is 0 Å². The highest BCUT2D eigenvalue weighted by molar-refractivity contribution is 7.90. The summed E-state index contributed by atoms with van der Waals surface area (Å²) in [5.74, 6) is -1.33. The van der Waals surface area contributed by atoms with Crippen molar-refractivity contribution in [1.82, 2.24) is 0 Å². The van der Waals surface area contributed by atoms with Crippen molar-refractivity contribution in [3.8, 4) is 0 Å². The molecule has 0 N–H and O–H groups in total. The summed E-state index contributed by atoms with van der Waals surface area (Å²) < 4.78 is 67.7. The zero-order chi connectivity index (χ0) is 18.0. The van der Waals surface area contributed by atoms with Crippen LogP contribution in [0, 0.1) is 0 Å². The predicted molar refractivity (Wildman–Crippen MR) is 80.1 cm³/mol. The van der Waals surface area contributed by atoms with Gasteiger partial charge in [0.15, 0.2) is 9.84 Å². The Labute approximate surface area is 136 Å². The van der Waals surface area contributed by atoms with Gasteiger partial charge in [-0.15, -0.1) is 0 Å². The molecule has 0 unspecified atom stereocenters. The Morgan fingerprint density at radius 2 is 1.75 bits per heavy atom. The molecule has 2 aromatic rings. The first kappa shape index (κ1) is 18.0. The van der Waals surface area contributed by atoms with Crippen molar-refractivity contribution in [2.24, 2.45) is 0 Å². The first-order valence-corrected chi connectivity index (χ1v) is 8.36. The highest BCUT2D eigenvalue weighted by Crippen LogP contribution is 2.31. The number of ether oxygens (including phenoxy) is 1. The maximum Gasteiger partial charge on any atom is 0.416 e. The van der Waals surface area contributed by atoms with Gasteiger partial charge in [-0.05, 0) is 29.8 Å². The highest BCUT2D eigenvalue weighted by Gasteiger charge is 2.31. The molecule has 24 heavy (non-hydrogen) atoms. The van der Waals surface area contributed by atoms with E-state index in [0.29, 0.717) is 6.07 Å². The van der Waals surface area contributed by atoms with Crippen LogP contribution in [0.2, 0.25) is 0 Å². The zero-order valence-electron chi connectivity index (χ0n) is 12.5. The normalized spacial score (nSPS) is 12.0. The third-order valence-corrected chi connectivity index (χ3v) is 4.95. The topological polar surface area (TPSA) is 60.4 Å². The van der Waals surface area contributed by atoms with Crippen molar-refractivity contribution in [1.29, 1.82) is 0 Å².